The third kappa shape index (κ3) is 6.17. The number of rotatable bonds is 12. The molecule has 2 unspecified atom stereocenters. The lowest BCUT2D eigenvalue weighted by atomic mass is 10.0. The first-order chi connectivity index (χ1) is 13.2. The number of nitrogens with zero attached hydrogens (tertiary/aromatic N) is 2. The van der Waals surface area contributed by atoms with E-state index >= 15 is 0 Å². The molecule has 148 valence electrons. The van der Waals surface area contributed by atoms with Crippen LogP contribution in [0, 0.1) is 0 Å². The van der Waals surface area contributed by atoms with Gasteiger partial charge in [-0.15, -0.1) is 0 Å². The van der Waals surface area contributed by atoms with Crippen LogP contribution in [0.2, 0.25) is 0 Å². The molecule has 0 fully saturated rings. The van der Waals surface area contributed by atoms with Crippen molar-refractivity contribution in [2.75, 3.05) is 39.4 Å². The summed E-state index contributed by atoms with van der Waals surface area (Å²) in [6, 6.07) is 22.1. The van der Waals surface area contributed by atoms with Gasteiger partial charge < -0.3 is 4.74 Å². The second-order valence-electron chi connectivity index (χ2n) is 6.83. The maximum Gasteiger partial charge on any atom is 0.0664 e. The number of ether oxygens (including phenoxy) is 1. The van der Waals surface area contributed by atoms with E-state index < -0.39 is 0 Å². The Bertz CT molecular complexity index is 553. The normalized spacial score (nSPS) is 13.9. The van der Waals surface area contributed by atoms with Crippen LogP contribution < -0.4 is 0 Å². The minimum absolute atomic E-state index is 0.300. The second kappa shape index (κ2) is 11.9. The molecule has 0 aliphatic rings. The van der Waals surface area contributed by atoms with Crippen molar-refractivity contribution in [1.82, 2.24) is 9.80 Å². The lowest BCUT2D eigenvalue weighted by Crippen LogP contribution is -2.34. The maximum absolute atomic E-state index is 6.35. The fourth-order valence-corrected chi connectivity index (χ4v) is 3.80. The van der Waals surface area contributed by atoms with Crippen molar-refractivity contribution >= 4 is 0 Å². The maximum atomic E-state index is 6.35. The Kier molecular flexibility index (Phi) is 9.54. The Hall–Kier alpha value is -1.68. The molecule has 2 aromatic rings. The van der Waals surface area contributed by atoms with E-state index in [1.807, 2.05) is 0 Å². The third-order valence-corrected chi connectivity index (χ3v) is 5.43. The van der Waals surface area contributed by atoms with Crippen molar-refractivity contribution in [3.63, 3.8) is 0 Å². The van der Waals surface area contributed by atoms with Crippen LogP contribution in [0.3, 0.4) is 0 Å². The Balaban J connectivity index is 2.10. The van der Waals surface area contributed by atoms with E-state index in [2.05, 4.69) is 98.2 Å². The molecule has 0 spiro atoms. The van der Waals surface area contributed by atoms with Crippen molar-refractivity contribution in [2.24, 2.45) is 0 Å². The van der Waals surface area contributed by atoms with Gasteiger partial charge in [0.1, 0.15) is 0 Å². The first-order valence-corrected chi connectivity index (χ1v) is 10.4. The molecule has 0 saturated carbocycles. The summed E-state index contributed by atoms with van der Waals surface area (Å²) >= 11 is 0. The van der Waals surface area contributed by atoms with Gasteiger partial charge in [0, 0.05) is 0 Å². The highest BCUT2D eigenvalue weighted by atomic mass is 16.5. The highest BCUT2D eigenvalue weighted by Gasteiger charge is 2.21. The van der Waals surface area contributed by atoms with E-state index in [4.69, 9.17) is 4.74 Å². The number of benzene rings is 2. The first-order valence-electron chi connectivity index (χ1n) is 10.4. The smallest absolute Gasteiger partial charge is 0.0664 e. The van der Waals surface area contributed by atoms with Gasteiger partial charge in [0.2, 0.25) is 0 Å². The van der Waals surface area contributed by atoms with Gasteiger partial charge in [-0.2, -0.15) is 0 Å². The predicted octanol–water partition coefficient (Wildman–Crippen LogP) is 5.17. The SMILES string of the molecule is CCN(CC)C(COCC(c1ccccc1)N(CC)CC)c1ccccc1. The minimum Gasteiger partial charge on any atom is -0.377 e. The highest BCUT2D eigenvalue weighted by molar-refractivity contribution is 5.20. The summed E-state index contributed by atoms with van der Waals surface area (Å²) in [6.45, 7) is 14.4. The van der Waals surface area contributed by atoms with Gasteiger partial charge in [0.15, 0.2) is 0 Å². The van der Waals surface area contributed by atoms with Gasteiger partial charge in [0.05, 0.1) is 25.3 Å². The van der Waals surface area contributed by atoms with Crippen molar-refractivity contribution in [2.45, 2.75) is 39.8 Å². The molecule has 0 radical (unpaired) electrons. The molecule has 0 aliphatic heterocycles. The minimum atomic E-state index is 0.300. The fourth-order valence-electron chi connectivity index (χ4n) is 3.80. The molecular weight excluding hydrogens is 332 g/mol. The monoisotopic (exact) mass is 368 g/mol. The zero-order valence-corrected chi connectivity index (χ0v) is 17.5. The number of hydrogen-bond acceptors (Lipinski definition) is 3. The van der Waals surface area contributed by atoms with E-state index in [9.17, 15) is 0 Å². The molecule has 0 amide bonds. The molecule has 0 bridgehead atoms. The molecule has 0 aromatic heterocycles. The topological polar surface area (TPSA) is 15.7 Å². The molecule has 0 heterocycles. The quantitative estimate of drug-likeness (QED) is 0.514. The lowest BCUT2D eigenvalue weighted by Gasteiger charge is -2.33. The van der Waals surface area contributed by atoms with E-state index in [1.165, 1.54) is 11.1 Å². The summed E-state index contributed by atoms with van der Waals surface area (Å²) in [4.78, 5) is 4.95. The van der Waals surface area contributed by atoms with Crippen LogP contribution in [0.15, 0.2) is 60.7 Å². The second-order valence-corrected chi connectivity index (χ2v) is 6.83. The van der Waals surface area contributed by atoms with Gasteiger partial charge in [0.25, 0.3) is 0 Å². The molecule has 2 rings (SSSR count). The highest BCUT2D eigenvalue weighted by Crippen LogP contribution is 2.24. The molecule has 0 saturated heterocycles. The predicted molar refractivity (Wildman–Crippen MR) is 115 cm³/mol. The average Bonchev–Trinajstić information content (AvgIpc) is 2.74. The van der Waals surface area contributed by atoms with E-state index in [0.717, 1.165) is 39.4 Å². The van der Waals surface area contributed by atoms with Crippen molar-refractivity contribution in [3.05, 3.63) is 71.8 Å². The Morgan fingerprint density at radius 1 is 0.593 bits per heavy atom. The summed E-state index contributed by atoms with van der Waals surface area (Å²) in [5.41, 5.74) is 2.67. The molecule has 0 aliphatic carbocycles. The first kappa shape index (κ1) is 21.6. The van der Waals surface area contributed by atoms with Crippen molar-refractivity contribution in [1.29, 1.82) is 0 Å². The largest absolute Gasteiger partial charge is 0.377 e. The molecule has 2 atom stereocenters. The van der Waals surface area contributed by atoms with Crippen LogP contribution in [0.1, 0.15) is 50.9 Å². The Morgan fingerprint density at radius 2 is 0.926 bits per heavy atom. The van der Waals surface area contributed by atoms with Gasteiger partial charge in [-0.1, -0.05) is 88.4 Å². The fraction of sp³-hybridized carbons (Fsp3) is 0.500. The van der Waals surface area contributed by atoms with E-state index in [0.29, 0.717) is 12.1 Å². The summed E-state index contributed by atoms with van der Waals surface area (Å²) in [6.07, 6.45) is 0. The Morgan fingerprint density at radius 3 is 1.22 bits per heavy atom. The summed E-state index contributed by atoms with van der Waals surface area (Å²) in [7, 11) is 0. The van der Waals surface area contributed by atoms with Crippen molar-refractivity contribution in [3.8, 4) is 0 Å². The third-order valence-electron chi connectivity index (χ3n) is 5.43. The lowest BCUT2D eigenvalue weighted by molar-refractivity contribution is 0.0247. The number of likely N-dealkylation sites (N-methyl/N-ethyl adjacent to an activating group) is 2. The number of hydrogen-bond donors (Lipinski definition) is 0. The summed E-state index contributed by atoms with van der Waals surface area (Å²) in [5, 5.41) is 0. The molecule has 0 N–H and O–H groups in total. The van der Waals surface area contributed by atoms with Crippen LogP contribution in [0.25, 0.3) is 0 Å². The zero-order chi connectivity index (χ0) is 19.5. The van der Waals surface area contributed by atoms with E-state index in [1.54, 1.807) is 0 Å². The molecule has 3 nitrogen and oxygen atoms in total. The van der Waals surface area contributed by atoms with Crippen LogP contribution in [-0.2, 0) is 4.74 Å². The van der Waals surface area contributed by atoms with Crippen LogP contribution in [0.4, 0.5) is 0 Å². The van der Waals surface area contributed by atoms with Gasteiger partial charge in [-0.3, -0.25) is 9.80 Å². The van der Waals surface area contributed by atoms with Crippen LogP contribution in [0.5, 0.6) is 0 Å². The molecule has 2 aromatic carbocycles. The average molecular weight is 369 g/mol. The molecular formula is C24H36N2O. The standard InChI is InChI=1S/C24H36N2O/c1-5-25(6-2)23(21-15-11-9-12-16-21)19-27-20-24(26(7-3)8-4)22-17-13-10-14-18-22/h9-18,23-24H,5-8,19-20H2,1-4H3. The van der Waals surface area contributed by atoms with Gasteiger partial charge in [-0.25, -0.2) is 0 Å². The van der Waals surface area contributed by atoms with Crippen LogP contribution >= 0.6 is 0 Å². The zero-order valence-electron chi connectivity index (χ0n) is 17.5. The van der Waals surface area contributed by atoms with E-state index in [-0.39, 0.29) is 0 Å². The van der Waals surface area contributed by atoms with Crippen molar-refractivity contribution < 1.29 is 4.74 Å². The summed E-state index contributed by atoms with van der Waals surface area (Å²) in [5.74, 6) is 0. The van der Waals surface area contributed by atoms with Crippen LogP contribution in [-0.4, -0.2) is 49.2 Å². The summed E-state index contributed by atoms with van der Waals surface area (Å²) < 4.78 is 6.35. The Labute approximate surface area is 166 Å². The van der Waals surface area contributed by atoms with Gasteiger partial charge in [-0.05, 0) is 37.3 Å². The van der Waals surface area contributed by atoms with Gasteiger partial charge >= 0.3 is 0 Å². The molecule has 3 heteroatoms. The molecule has 27 heavy (non-hydrogen) atoms.